The van der Waals surface area contributed by atoms with Crippen molar-refractivity contribution in [2.75, 3.05) is 6.16 Å². The minimum absolute atomic E-state index is 0.0219. The van der Waals surface area contributed by atoms with E-state index in [0.717, 1.165) is 5.56 Å². The highest BCUT2D eigenvalue weighted by atomic mass is 31.2. The molecule has 0 saturated heterocycles. The molecule has 0 heterocycles. The number of amidine groups is 1. The first-order chi connectivity index (χ1) is 7.45. The molecule has 1 rings (SSSR count). The van der Waals surface area contributed by atoms with Gasteiger partial charge in [-0.25, -0.2) is 0 Å². The molecule has 0 spiro atoms. The predicted octanol–water partition coefficient (Wildman–Crippen LogP) is 1.03. The molecule has 88 valence electrons. The van der Waals surface area contributed by atoms with Crippen LogP contribution in [0.2, 0.25) is 0 Å². The summed E-state index contributed by atoms with van der Waals surface area (Å²) in [4.78, 5) is 9.78. The van der Waals surface area contributed by atoms with E-state index >= 15 is 0 Å². The average Bonchev–Trinajstić information content (AvgIpc) is 2.26. The highest BCUT2D eigenvalue weighted by Gasteiger charge is 2.21. The van der Waals surface area contributed by atoms with Gasteiger partial charge in [0, 0.05) is 17.9 Å². The van der Waals surface area contributed by atoms with Gasteiger partial charge in [0.05, 0.1) is 0 Å². The molecule has 0 aliphatic carbocycles. The van der Waals surface area contributed by atoms with Gasteiger partial charge in [0.1, 0.15) is 5.84 Å². The van der Waals surface area contributed by atoms with Crippen LogP contribution in [0, 0.1) is 6.92 Å². The fraction of sp³-hybridized carbons (Fsp3) is 0.300. The predicted molar refractivity (Wildman–Crippen MR) is 63.5 cm³/mol. The maximum Gasteiger partial charge on any atom is 0.230 e. The monoisotopic (exact) mass is 242 g/mol. The van der Waals surface area contributed by atoms with E-state index in [1.165, 1.54) is 0 Å². The van der Waals surface area contributed by atoms with Crippen LogP contribution in [0.15, 0.2) is 29.4 Å². The van der Waals surface area contributed by atoms with E-state index < -0.39 is 7.37 Å². The lowest BCUT2D eigenvalue weighted by molar-refractivity contribution is 0.317. The molecule has 1 atom stereocenters. The van der Waals surface area contributed by atoms with Crippen LogP contribution >= 0.6 is 7.37 Å². The Labute approximate surface area is 94.0 Å². The zero-order valence-corrected chi connectivity index (χ0v) is 9.89. The molecule has 0 aliphatic heterocycles. The van der Waals surface area contributed by atoms with Crippen LogP contribution in [0.5, 0.6) is 0 Å². The van der Waals surface area contributed by atoms with Crippen LogP contribution in [0.25, 0.3) is 0 Å². The third-order valence-electron chi connectivity index (χ3n) is 2.24. The maximum atomic E-state index is 11.9. The molecule has 0 aliphatic rings. The SMILES string of the molecule is Cc1ccc(P(=O)(O)CCC(N)=NO)cc1. The van der Waals surface area contributed by atoms with E-state index in [0.29, 0.717) is 5.30 Å². The minimum atomic E-state index is -3.40. The van der Waals surface area contributed by atoms with Crippen molar-refractivity contribution in [3.63, 3.8) is 0 Å². The van der Waals surface area contributed by atoms with Gasteiger partial charge in [-0.15, -0.1) is 0 Å². The summed E-state index contributed by atoms with van der Waals surface area (Å²) in [7, 11) is -3.40. The van der Waals surface area contributed by atoms with Crippen LogP contribution < -0.4 is 11.0 Å². The number of oxime groups is 1. The van der Waals surface area contributed by atoms with Crippen LogP contribution in [0.1, 0.15) is 12.0 Å². The number of aryl methyl sites for hydroxylation is 1. The second-order valence-corrected chi connectivity index (χ2v) is 5.97. The van der Waals surface area contributed by atoms with E-state index in [1.54, 1.807) is 24.3 Å². The van der Waals surface area contributed by atoms with E-state index in [2.05, 4.69) is 5.16 Å². The molecule has 0 saturated carbocycles. The van der Waals surface area contributed by atoms with Crippen molar-refractivity contribution >= 4 is 18.5 Å². The molecule has 1 unspecified atom stereocenters. The number of rotatable bonds is 4. The standard InChI is InChI=1S/C10H15N2O3P/c1-8-2-4-9(5-3-8)16(14,15)7-6-10(11)12-13/h2-5,13H,6-7H2,1H3,(H2,11,12)(H,14,15). The van der Waals surface area contributed by atoms with Gasteiger partial charge in [-0.2, -0.15) is 0 Å². The highest BCUT2D eigenvalue weighted by Crippen LogP contribution is 2.39. The van der Waals surface area contributed by atoms with E-state index in [9.17, 15) is 9.46 Å². The normalized spacial score (nSPS) is 15.8. The summed E-state index contributed by atoms with van der Waals surface area (Å²) >= 11 is 0. The quantitative estimate of drug-likeness (QED) is 0.241. The molecule has 1 aromatic rings. The summed E-state index contributed by atoms with van der Waals surface area (Å²) in [6, 6.07) is 6.81. The van der Waals surface area contributed by atoms with Gasteiger partial charge in [-0.05, 0) is 19.1 Å². The number of nitrogens with zero attached hydrogens (tertiary/aromatic N) is 1. The fourth-order valence-corrected chi connectivity index (χ4v) is 2.63. The zero-order valence-electron chi connectivity index (χ0n) is 9.00. The molecule has 0 amide bonds. The Kier molecular flexibility index (Phi) is 4.10. The van der Waals surface area contributed by atoms with Gasteiger partial charge in [0.25, 0.3) is 0 Å². The molecular weight excluding hydrogens is 227 g/mol. The van der Waals surface area contributed by atoms with Gasteiger partial charge in [-0.1, -0.05) is 22.9 Å². The lowest BCUT2D eigenvalue weighted by Gasteiger charge is -2.11. The Balaban J connectivity index is 2.78. The van der Waals surface area contributed by atoms with Gasteiger partial charge >= 0.3 is 0 Å². The van der Waals surface area contributed by atoms with Crippen molar-refractivity contribution in [3.05, 3.63) is 29.8 Å². The Morgan fingerprint density at radius 2 is 2.00 bits per heavy atom. The largest absolute Gasteiger partial charge is 0.409 e. The maximum absolute atomic E-state index is 11.9. The molecule has 0 aromatic heterocycles. The van der Waals surface area contributed by atoms with Crippen LogP contribution in [-0.4, -0.2) is 22.1 Å². The average molecular weight is 242 g/mol. The zero-order chi connectivity index (χ0) is 12.2. The van der Waals surface area contributed by atoms with E-state index in [1.807, 2.05) is 6.92 Å². The lowest BCUT2D eigenvalue weighted by Crippen LogP contribution is -2.16. The Bertz CT molecular complexity index is 428. The summed E-state index contributed by atoms with van der Waals surface area (Å²) in [6.45, 7) is 1.91. The minimum Gasteiger partial charge on any atom is -0.409 e. The Morgan fingerprint density at radius 3 is 2.50 bits per heavy atom. The van der Waals surface area contributed by atoms with Gasteiger partial charge in [0.2, 0.25) is 7.37 Å². The van der Waals surface area contributed by atoms with Gasteiger partial charge < -0.3 is 15.8 Å². The second-order valence-electron chi connectivity index (χ2n) is 3.60. The smallest absolute Gasteiger partial charge is 0.230 e. The van der Waals surface area contributed by atoms with Crippen molar-refractivity contribution in [1.29, 1.82) is 0 Å². The molecule has 4 N–H and O–H groups in total. The van der Waals surface area contributed by atoms with Crippen molar-refractivity contribution in [1.82, 2.24) is 0 Å². The molecule has 16 heavy (non-hydrogen) atoms. The number of hydrogen-bond acceptors (Lipinski definition) is 3. The number of nitrogens with two attached hydrogens (primary N) is 1. The summed E-state index contributed by atoms with van der Waals surface area (Å²) in [5, 5.41) is 11.5. The number of benzene rings is 1. The van der Waals surface area contributed by atoms with Crippen molar-refractivity contribution < 1.29 is 14.7 Å². The molecule has 1 aromatic carbocycles. The molecule has 6 heteroatoms. The van der Waals surface area contributed by atoms with E-state index in [4.69, 9.17) is 10.9 Å². The first kappa shape index (κ1) is 12.7. The summed E-state index contributed by atoms with van der Waals surface area (Å²) in [5.41, 5.74) is 6.28. The summed E-state index contributed by atoms with van der Waals surface area (Å²) in [6.07, 6.45) is 0.0735. The summed E-state index contributed by atoms with van der Waals surface area (Å²) < 4.78 is 11.9. The van der Waals surface area contributed by atoms with Crippen LogP contribution in [-0.2, 0) is 4.57 Å². The first-order valence-electron chi connectivity index (χ1n) is 4.81. The van der Waals surface area contributed by atoms with Crippen molar-refractivity contribution in [3.8, 4) is 0 Å². The van der Waals surface area contributed by atoms with Gasteiger partial charge in [0.15, 0.2) is 0 Å². The fourth-order valence-electron chi connectivity index (χ4n) is 1.22. The summed E-state index contributed by atoms with van der Waals surface area (Å²) in [5.74, 6) is -0.0404. The molecule has 0 fully saturated rings. The Morgan fingerprint density at radius 1 is 1.44 bits per heavy atom. The molecule has 5 nitrogen and oxygen atoms in total. The second kappa shape index (κ2) is 5.14. The topological polar surface area (TPSA) is 95.9 Å². The first-order valence-corrected chi connectivity index (χ1v) is 6.65. The van der Waals surface area contributed by atoms with Crippen molar-refractivity contribution in [2.24, 2.45) is 10.9 Å². The molecular formula is C10H15N2O3P. The third-order valence-corrected chi connectivity index (χ3v) is 4.17. The highest BCUT2D eigenvalue weighted by molar-refractivity contribution is 7.66. The molecule has 0 bridgehead atoms. The van der Waals surface area contributed by atoms with Crippen LogP contribution in [0.4, 0.5) is 0 Å². The third kappa shape index (κ3) is 3.36. The Hall–Kier alpha value is -1.32. The van der Waals surface area contributed by atoms with E-state index in [-0.39, 0.29) is 18.4 Å². The number of hydrogen-bond donors (Lipinski definition) is 3. The lowest BCUT2D eigenvalue weighted by atomic mass is 10.2. The van der Waals surface area contributed by atoms with Gasteiger partial charge in [-0.3, -0.25) is 4.57 Å². The molecule has 0 radical (unpaired) electrons. The van der Waals surface area contributed by atoms with Crippen molar-refractivity contribution in [2.45, 2.75) is 13.3 Å². The van der Waals surface area contributed by atoms with Crippen LogP contribution in [0.3, 0.4) is 0 Å².